The molecule has 1 aromatic heterocycles. The summed E-state index contributed by atoms with van der Waals surface area (Å²) in [6.45, 7) is 1.65. The van der Waals surface area contributed by atoms with Gasteiger partial charge in [0.2, 0.25) is 0 Å². The minimum atomic E-state index is -0.381. The van der Waals surface area contributed by atoms with Gasteiger partial charge < -0.3 is 15.0 Å². The first-order valence-corrected chi connectivity index (χ1v) is 10.1. The molecule has 0 unspecified atom stereocenters. The van der Waals surface area contributed by atoms with Gasteiger partial charge in [-0.2, -0.15) is 0 Å². The molecule has 5 heteroatoms. The van der Waals surface area contributed by atoms with Gasteiger partial charge in [-0.1, -0.05) is 60.7 Å². The van der Waals surface area contributed by atoms with Crippen molar-refractivity contribution >= 4 is 33.6 Å². The predicted octanol–water partition coefficient (Wildman–Crippen LogP) is 4.67. The number of amides is 1. The highest BCUT2D eigenvalue weighted by Crippen LogP contribution is 2.24. The fourth-order valence-corrected chi connectivity index (χ4v) is 3.78. The van der Waals surface area contributed by atoms with Crippen molar-refractivity contribution in [3.05, 3.63) is 84.1 Å². The summed E-state index contributed by atoms with van der Waals surface area (Å²) in [7, 11) is 0. The van der Waals surface area contributed by atoms with E-state index in [1.807, 2.05) is 79.9 Å². The zero-order valence-electron chi connectivity index (χ0n) is 16.9. The monoisotopic (exact) mass is 400 g/mol. The van der Waals surface area contributed by atoms with E-state index in [0.717, 1.165) is 32.8 Å². The zero-order chi connectivity index (χ0) is 20.9. The molecule has 1 atom stereocenters. The maximum atomic E-state index is 12.3. The normalized spacial score (nSPS) is 12.0. The van der Waals surface area contributed by atoms with Crippen molar-refractivity contribution in [1.29, 1.82) is 0 Å². The number of aromatic amines is 1. The van der Waals surface area contributed by atoms with Crippen LogP contribution in [0.1, 0.15) is 30.5 Å². The smallest absolute Gasteiger partial charge is 0.306 e. The molecule has 1 heterocycles. The van der Waals surface area contributed by atoms with E-state index in [9.17, 15) is 9.59 Å². The van der Waals surface area contributed by atoms with Crippen LogP contribution in [0.5, 0.6) is 0 Å². The Morgan fingerprint density at radius 1 is 0.967 bits per heavy atom. The van der Waals surface area contributed by atoms with Crippen molar-refractivity contribution in [1.82, 2.24) is 10.3 Å². The molecule has 1 amide bonds. The largest absolute Gasteiger partial charge is 0.456 e. The molecule has 4 rings (SSSR count). The third-order valence-corrected chi connectivity index (χ3v) is 5.30. The van der Waals surface area contributed by atoms with Crippen LogP contribution in [0.25, 0.3) is 21.7 Å². The van der Waals surface area contributed by atoms with Crippen LogP contribution in [-0.4, -0.2) is 23.5 Å². The topological polar surface area (TPSA) is 71.2 Å². The number of para-hydroxylation sites is 1. The maximum absolute atomic E-state index is 12.3. The van der Waals surface area contributed by atoms with E-state index in [-0.39, 0.29) is 30.9 Å². The molecule has 0 aliphatic heterocycles. The van der Waals surface area contributed by atoms with Crippen molar-refractivity contribution in [3.8, 4) is 0 Å². The molecule has 0 aliphatic carbocycles. The van der Waals surface area contributed by atoms with E-state index in [0.29, 0.717) is 6.42 Å². The number of carbonyl (C=O) groups excluding carboxylic acids is 2. The Morgan fingerprint density at radius 3 is 2.57 bits per heavy atom. The number of hydrogen-bond donors (Lipinski definition) is 2. The van der Waals surface area contributed by atoms with Crippen LogP contribution in [0.2, 0.25) is 0 Å². The molecule has 30 heavy (non-hydrogen) atoms. The number of ether oxygens (including phenoxy) is 1. The van der Waals surface area contributed by atoms with Gasteiger partial charge >= 0.3 is 5.97 Å². The Labute approximate surface area is 175 Å². The van der Waals surface area contributed by atoms with Crippen LogP contribution in [-0.2, 0) is 20.7 Å². The van der Waals surface area contributed by atoms with E-state index in [2.05, 4.69) is 10.3 Å². The summed E-state index contributed by atoms with van der Waals surface area (Å²) in [6.07, 6.45) is 2.71. The molecule has 0 radical (unpaired) electrons. The van der Waals surface area contributed by atoms with Gasteiger partial charge in [0, 0.05) is 23.5 Å². The number of aromatic nitrogens is 1. The summed E-state index contributed by atoms with van der Waals surface area (Å²) in [5.41, 5.74) is 3.14. The Morgan fingerprint density at radius 2 is 1.70 bits per heavy atom. The van der Waals surface area contributed by atoms with Crippen molar-refractivity contribution in [2.24, 2.45) is 0 Å². The molecule has 0 fully saturated rings. The summed E-state index contributed by atoms with van der Waals surface area (Å²) in [6, 6.07) is 21.9. The Hall–Kier alpha value is -3.60. The van der Waals surface area contributed by atoms with Crippen LogP contribution in [0.4, 0.5) is 0 Å². The third-order valence-electron chi connectivity index (χ3n) is 5.30. The minimum absolute atomic E-state index is 0.187. The molecule has 152 valence electrons. The van der Waals surface area contributed by atoms with Crippen molar-refractivity contribution < 1.29 is 14.3 Å². The highest BCUT2D eigenvalue weighted by molar-refractivity contribution is 5.87. The lowest BCUT2D eigenvalue weighted by Crippen LogP contribution is -2.31. The lowest BCUT2D eigenvalue weighted by atomic mass is 10.00. The molecule has 5 nitrogen and oxygen atoms in total. The fraction of sp³-hybridized carbons (Fsp3) is 0.200. The average Bonchev–Trinajstić information content (AvgIpc) is 3.19. The van der Waals surface area contributed by atoms with E-state index >= 15 is 0 Å². The number of nitrogens with one attached hydrogen (secondary N) is 2. The van der Waals surface area contributed by atoms with Gasteiger partial charge in [0.25, 0.3) is 5.91 Å². The van der Waals surface area contributed by atoms with Gasteiger partial charge in [-0.3, -0.25) is 9.59 Å². The Bertz CT molecular complexity index is 1190. The third kappa shape index (κ3) is 4.35. The molecule has 0 aliphatic rings. The minimum Gasteiger partial charge on any atom is -0.456 e. The Balaban J connectivity index is 1.28. The lowest BCUT2D eigenvalue weighted by molar-refractivity contribution is -0.148. The number of aryl methyl sites for hydroxylation is 1. The van der Waals surface area contributed by atoms with Gasteiger partial charge in [-0.05, 0) is 41.3 Å². The molecule has 3 aromatic carbocycles. The molecule has 0 saturated heterocycles. The van der Waals surface area contributed by atoms with E-state index in [1.54, 1.807) is 0 Å². The molecule has 0 bridgehead atoms. The van der Waals surface area contributed by atoms with Crippen molar-refractivity contribution in [3.63, 3.8) is 0 Å². The summed E-state index contributed by atoms with van der Waals surface area (Å²) < 4.78 is 5.18. The maximum Gasteiger partial charge on any atom is 0.306 e. The van der Waals surface area contributed by atoms with Crippen molar-refractivity contribution in [2.45, 2.75) is 25.8 Å². The molecular weight excluding hydrogens is 376 g/mol. The van der Waals surface area contributed by atoms with Crippen LogP contribution < -0.4 is 5.32 Å². The summed E-state index contributed by atoms with van der Waals surface area (Å²) in [5.74, 6) is -0.691. The highest BCUT2D eigenvalue weighted by Gasteiger charge is 2.14. The molecule has 0 spiro atoms. The number of rotatable bonds is 7. The zero-order valence-corrected chi connectivity index (χ0v) is 16.9. The van der Waals surface area contributed by atoms with Gasteiger partial charge in [0.05, 0.1) is 6.04 Å². The number of benzene rings is 3. The van der Waals surface area contributed by atoms with E-state index in [4.69, 9.17) is 4.74 Å². The van der Waals surface area contributed by atoms with Crippen LogP contribution in [0.15, 0.2) is 72.9 Å². The van der Waals surface area contributed by atoms with Gasteiger partial charge in [-0.25, -0.2) is 0 Å². The van der Waals surface area contributed by atoms with E-state index in [1.165, 1.54) is 0 Å². The highest BCUT2D eigenvalue weighted by atomic mass is 16.5. The molecular formula is C25H24N2O3. The Kier molecular flexibility index (Phi) is 5.80. The van der Waals surface area contributed by atoms with Crippen LogP contribution >= 0.6 is 0 Å². The first kappa shape index (κ1) is 19.7. The average molecular weight is 400 g/mol. The second-order valence-corrected chi connectivity index (χ2v) is 7.38. The summed E-state index contributed by atoms with van der Waals surface area (Å²) >= 11 is 0. The number of esters is 1. The van der Waals surface area contributed by atoms with Gasteiger partial charge in [0.15, 0.2) is 6.61 Å². The number of H-pyrrole nitrogens is 1. The first-order chi connectivity index (χ1) is 14.6. The standard InChI is InChI=1S/C25H24N2O3/c1-17(20-11-6-8-18-7-2-3-9-21(18)20)27-24(28)16-30-25(29)14-13-19-15-26-23-12-5-4-10-22(19)23/h2-12,15,17,26H,13-14,16H2,1H3,(H,27,28)/t17-/m0/s1. The predicted molar refractivity (Wildman–Crippen MR) is 118 cm³/mol. The van der Waals surface area contributed by atoms with Crippen LogP contribution in [0, 0.1) is 0 Å². The van der Waals surface area contributed by atoms with E-state index < -0.39 is 0 Å². The first-order valence-electron chi connectivity index (χ1n) is 10.1. The number of carbonyl (C=O) groups is 2. The molecule has 4 aromatic rings. The fourth-order valence-electron chi connectivity index (χ4n) is 3.78. The lowest BCUT2D eigenvalue weighted by Gasteiger charge is -2.16. The van der Waals surface area contributed by atoms with Gasteiger partial charge in [0.1, 0.15) is 0 Å². The van der Waals surface area contributed by atoms with Gasteiger partial charge in [-0.15, -0.1) is 0 Å². The summed E-state index contributed by atoms with van der Waals surface area (Å²) in [5, 5.41) is 6.25. The number of fused-ring (bicyclic) bond motifs is 2. The van der Waals surface area contributed by atoms with Crippen LogP contribution in [0.3, 0.4) is 0 Å². The second kappa shape index (κ2) is 8.82. The number of hydrogen-bond acceptors (Lipinski definition) is 3. The molecule has 2 N–H and O–H groups in total. The SMILES string of the molecule is C[C@H](NC(=O)COC(=O)CCc1c[nH]c2ccccc12)c1cccc2ccccc12. The quantitative estimate of drug-likeness (QED) is 0.443. The molecule has 0 saturated carbocycles. The second-order valence-electron chi connectivity index (χ2n) is 7.38. The van der Waals surface area contributed by atoms with Crippen molar-refractivity contribution in [2.75, 3.05) is 6.61 Å². The summed E-state index contributed by atoms with van der Waals surface area (Å²) in [4.78, 5) is 27.6.